The average molecular weight is 676 g/mol. The lowest BCUT2D eigenvalue weighted by atomic mass is 9.87. The third-order valence-electron chi connectivity index (χ3n) is 9.06. The van der Waals surface area contributed by atoms with Crippen LogP contribution in [0, 0.1) is 11.3 Å². The van der Waals surface area contributed by atoms with E-state index in [-0.39, 0.29) is 49.6 Å². The molecule has 3 aliphatic heterocycles. The number of nitrogens with one attached hydrogen (secondary N) is 1. The van der Waals surface area contributed by atoms with Gasteiger partial charge in [0, 0.05) is 38.5 Å². The number of hydrogen-bond acceptors (Lipinski definition) is 9. The smallest absolute Gasteiger partial charge is 0.407 e. The molecule has 47 heavy (non-hydrogen) atoms. The Morgan fingerprint density at radius 2 is 1.83 bits per heavy atom. The maximum Gasteiger partial charge on any atom is 0.407 e. The Balaban J connectivity index is 1.47. The molecular formula is C33H45N3O10S. The Kier molecular flexibility index (Phi) is 11.0. The van der Waals surface area contributed by atoms with Gasteiger partial charge in [-0.3, -0.25) is 9.69 Å². The molecule has 0 radical (unpaired) electrons. The molecule has 14 heteroatoms. The fourth-order valence-corrected chi connectivity index (χ4v) is 8.35. The summed E-state index contributed by atoms with van der Waals surface area (Å²) >= 11 is 0. The van der Waals surface area contributed by atoms with E-state index in [1.807, 2.05) is 44.2 Å². The highest BCUT2D eigenvalue weighted by Crippen LogP contribution is 2.38. The zero-order valence-corrected chi connectivity index (χ0v) is 27.9. The van der Waals surface area contributed by atoms with Gasteiger partial charge in [-0.2, -0.15) is 4.31 Å². The minimum atomic E-state index is -4.22. The fraction of sp³-hybridized carbons (Fsp3) is 0.576. The van der Waals surface area contributed by atoms with Gasteiger partial charge in [-0.05, 0) is 48.8 Å². The molecule has 13 nitrogen and oxygen atoms in total. The lowest BCUT2D eigenvalue weighted by Crippen LogP contribution is -2.58. The molecule has 0 saturated carbocycles. The van der Waals surface area contributed by atoms with E-state index in [4.69, 9.17) is 18.9 Å². The highest BCUT2D eigenvalue weighted by Gasteiger charge is 2.49. The molecule has 0 aliphatic carbocycles. The first-order valence-electron chi connectivity index (χ1n) is 16.0. The number of aliphatic hydroxyl groups excluding tert-OH is 1. The molecule has 2 aromatic rings. The van der Waals surface area contributed by atoms with Gasteiger partial charge in [0.2, 0.25) is 22.7 Å². The molecule has 258 valence electrons. The molecule has 2 saturated heterocycles. The van der Waals surface area contributed by atoms with Crippen molar-refractivity contribution in [2.24, 2.45) is 11.3 Å². The number of ether oxygens (including phenoxy) is 4. The predicted molar refractivity (Wildman–Crippen MR) is 170 cm³/mol. The van der Waals surface area contributed by atoms with Crippen molar-refractivity contribution in [3.05, 3.63) is 54.1 Å². The highest BCUT2D eigenvalue weighted by molar-refractivity contribution is 7.89. The Bertz CT molecular complexity index is 1510. The minimum Gasteiger partial charge on any atom is -0.465 e. The summed E-state index contributed by atoms with van der Waals surface area (Å²) in [5.41, 5.74) is 0.223. The molecule has 2 aromatic carbocycles. The third kappa shape index (κ3) is 8.36. The van der Waals surface area contributed by atoms with E-state index >= 15 is 0 Å². The van der Waals surface area contributed by atoms with Gasteiger partial charge >= 0.3 is 6.09 Å². The van der Waals surface area contributed by atoms with Crippen LogP contribution in [0.25, 0.3) is 0 Å². The van der Waals surface area contributed by atoms with E-state index in [1.54, 1.807) is 0 Å². The molecule has 0 bridgehead atoms. The van der Waals surface area contributed by atoms with Crippen LogP contribution in [-0.4, -0.2) is 104 Å². The van der Waals surface area contributed by atoms with Crippen molar-refractivity contribution in [1.29, 1.82) is 0 Å². The molecule has 3 aliphatic rings. The Morgan fingerprint density at radius 3 is 2.55 bits per heavy atom. The fourth-order valence-electron chi connectivity index (χ4n) is 6.69. The number of sulfonamides is 1. The first-order valence-corrected chi connectivity index (χ1v) is 17.4. The minimum absolute atomic E-state index is 0.0213. The molecule has 3 heterocycles. The van der Waals surface area contributed by atoms with Crippen LogP contribution in [0.4, 0.5) is 4.79 Å². The van der Waals surface area contributed by atoms with E-state index in [2.05, 4.69) is 5.32 Å². The van der Waals surface area contributed by atoms with Gasteiger partial charge < -0.3 is 34.5 Å². The summed E-state index contributed by atoms with van der Waals surface area (Å²) < 4.78 is 52.2. The number of fused-ring (bicyclic) bond motifs is 2. The van der Waals surface area contributed by atoms with E-state index < -0.39 is 46.0 Å². The summed E-state index contributed by atoms with van der Waals surface area (Å²) in [4.78, 5) is 25.6. The molecule has 5 atom stereocenters. The van der Waals surface area contributed by atoms with Crippen LogP contribution in [0.3, 0.4) is 0 Å². The van der Waals surface area contributed by atoms with Crippen LogP contribution < -0.4 is 14.8 Å². The largest absolute Gasteiger partial charge is 0.465 e. The molecule has 0 aromatic heterocycles. The van der Waals surface area contributed by atoms with E-state index in [0.717, 1.165) is 5.56 Å². The SMILES string of the molecule is CC(=O)NCCCC(C)(C)CN(C[C@@H](O)[C@H](Cc1ccccc1)N(C(=O)O)[C@H]1CO[C@H]2OCC[C@H]21)S(=O)(=O)c1ccc2c(c1)OCO2. The van der Waals surface area contributed by atoms with Crippen LogP contribution in [0.1, 0.15) is 45.6 Å². The van der Waals surface area contributed by atoms with Crippen molar-refractivity contribution in [3.8, 4) is 11.5 Å². The van der Waals surface area contributed by atoms with Gasteiger partial charge in [0.05, 0.1) is 36.3 Å². The zero-order chi connectivity index (χ0) is 33.8. The maximum atomic E-state index is 14.4. The normalized spacial score (nSPS) is 21.8. The molecular weight excluding hydrogens is 630 g/mol. The number of hydrogen-bond donors (Lipinski definition) is 3. The van der Waals surface area contributed by atoms with Gasteiger partial charge in [0.1, 0.15) is 0 Å². The van der Waals surface area contributed by atoms with Crippen molar-refractivity contribution in [2.45, 2.75) is 75.8 Å². The predicted octanol–water partition coefficient (Wildman–Crippen LogP) is 3.06. The summed E-state index contributed by atoms with van der Waals surface area (Å²) in [6.07, 6.45) is -1.19. The number of carbonyl (C=O) groups excluding carboxylic acids is 1. The van der Waals surface area contributed by atoms with E-state index in [9.17, 15) is 28.2 Å². The summed E-state index contributed by atoms with van der Waals surface area (Å²) in [6.45, 7) is 5.93. The van der Waals surface area contributed by atoms with Gasteiger partial charge in [0.15, 0.2) is 17.8 Å². The molecule has 0 spiro atoms. The quantitative estimate of drug-likeness (QED) is 0.239. The second-order valence-corrected chi connectivity index (χ2v) is 15.1. The first kappa shape index (κ1) is 34.9. The van der Waals surface area contributed by atoms with Crippen molar-refractivity contribution >= 4 is 22.0 Å². The molecule has 2 amide bonds. The molecule has 3 N–H and O–H groups in total. The highest BCUT2D eigenvalue weighted by atomic mass is 32.2. The van der Waals surface area contributed by atoms with Gasteiger partial charge in [-0.1, -0.05) is 44.2 Å². The monoisotopic (exact) mass is 675 g/mol. The number of nitrogens with zero attached hydrogens (tertiary/aromatic N) is 2. The Hall–Kier alpha value is -3.43. The standard InChI is InChI=1S/C33H45N3O10S/c1-22(37)34-14-7-13-33(2,3)20-35(47(41,42)24-10-11-29-30(17-24)46-21-45-29)18-28(38)26(16-23-8-5-4-6-9-23)36(32(39)40)27-19-44-31-25(27)12-15-43-31/h4-6,8-11,17,25-28,31,38H,7,12-16,18-21H2,1-3H3,(H,34,37)(H,39,40)/t25-,26-,27-,28+,31+/m0/s1. The number of rotatable bonds is 15. The number of aliphatic hydroxyl groups is 1. The first-order chi connectivity index (χ1) is 22.4. The van der Waals surface area contributed by atoms with E-state index in [0.29, 0.717) is 43.9 Å². The van der Waals surface area contributed by atoms with Crippen molar-refractivity contribution in [3.63, 3.8) is 0 Å². The van der Waals surface area contributed by atoms with Gasteiger partial charge in [-0.15, -0.1) is 0 Å². The van der Waals surface area contributed by atoms with Crippen molar-refractivity contribution < 1.29 is 47.2 Å². The number of carbonyl (C=O) groups is 2. The lowest BCUT2D eigenvalue weighted by Gasteiger charge is -2.40. The van der Waals surface area contributed by atoms with Crippen molar-refractivity contribution in [1.82, 2.24) is 14.5 Å². The van der Waals surface area contributed by atoms with Gasteiger partial charge in [0.25, 0.3) is 0 Å². The van der Waals surface area contributed by atoms with Crippen molar-refractivity contribution in [2.75, 3.05) is 39.6 Å². The number of benzene rings is 2. The second kappa shape index (κ2) is 14.8. The molecule has 0 unspecified atom stereocenters. The van der Waals surface area contributed by atoms with Crippen LogP contribution in [0.15, 0.2) is 53.4 Å². The Labute approximate surface area is 275 Å². The van der Waals surface area contributed by atoms with Crippen LogP contribution in [0.2, 0.25) is 0 Å². The zero-order valence-electron chi connectivity index (χ0n) is 27.0. The Morgan fingerprint density at radius 1 is 1.09 bits per heavy atom. The van der Waals surface area contributed by atoms with Crippen LogP contribution in [0.5, 0.6) is 11.5 Å². The summed E-state index contributed by atoms with van der Waals surface area (Å²) in [7, 11) is -4.22. The summed E-state index contributed by atoms with van der Waals surface area (Å²) in [5, 5.41) is 25.4. The van der Waals surface area contributed by atoms with E-state index in [1.165, 1.54) is 34.3 Å². The van der Waals surface area contributed by atoms with Gasteiger partial charge in [-0.25, -0.2) is 13.2 Å². The topological polar surface area (TPSA) is 164 Å². The average Bonchev–Trinajstić information content (AvgIpc) is 3.77. The maximum absolute atomic E-state index is 14.4. The number of carboxylic acid groups (broad SMARTS) is 1. The third-order valence-corrected chi connectivity index (χ3v) is 10.9. The van der Waals surface area contributed by atoms with Crippen LogP contribution >= 0.6 is 0 Å². The molecule has 2 fully saturated rings. The summed E-state index contributed by atoms with van der Waals surface area (Å²) in [5.74, 6) is 0.387. The number of amides is 2. The molecule has 5 rings (SSSR count). The second-order valence-electron chi connectivity index (χ2n) is 13.2. The van der Waals surface area contributed by atoms with Crippen LogP contribution in [-0.2, 0) is 30.7 Å². The summed E-state index contributed by atoms with van der Waals surface area (Å²) in [6, 6.07) is 12.0. The lowest BCUT2D eigenvalue weighted by molar-refractivity contribution is -0.119.